The molecule has 236 valence electrons. The maximum atomic E-state index is 12.9. The van der Waals surface area contributed by atoms with Crippen LogP contribution in [-0.2, 0) is 4.74 Å². The van der Waals surface area contributed by atoms with Gasteiger partial charge in [0.05, 0.1) is 29.1 Å². The van der Waals surface area contributed by atoms with Crippen LogP contribution in [0, 0.1) is 11.3 Å². The molecule has 3 fully saturated rings. The Hall–Kier alpha value is -3.62. The number of ether oxygens (including phenoxy) is 2. The zero-order valence-electron chi connectivity index (χ0n) is 25.8. The zero-order chi connectivity index (χ0) is 31.3. The van der Waals surface area contributed by atoms with Crippen LogP contribution in [0.3, 0.4) is 0 Å². The van der Waals surface area contributed by atoms with Crippen molar-refractivity contribution in [1.29, 1.82) is 5.26 Å². The number of hydrogen-bond acceptors (Lipinski definition) is 9. The Bertz CT molecular complexity index is 1340. The van der Waals surface area contributed by atoms with Gasteiger partial charge in [-0.2, -0.15) is 5.26 Å². The van der Waals surface area contributed by atoms with Crippen LogP contribution in [0.5, 0.6) is 5.75 Å². The molecule has 0 unspecified atom stereocenters. The van der Waals surface area contributed by atoms with Gasteiger partial charge in [-0.15, -0.1) is 0 Å². The van der Waals surface area contributed by atoms with Crippen molar-refractivity contribution < 1.29 is 19.1 Å². The SMILES string of the molecule is CC(C)(C)OC(=O)N1CCC(N2CCN(c3cnc(C(=O)NC4CCC(Oc5ccc(C#N)c(Cl)c5)CC4)cn3)CC2)CC1. The summed E-state index contributed by atoms with van der Waals surface area (Å²) in [7, 11) is 0. The Kier molecular flexibility index (Phi) is 10.1. The zero-order valence-corrected chi connectivity index (χ0v) is 26.6. The molecular formula is C32H42ClN7O4. The van der Waals surface area contributed by atoms with Gasteiger partial charge in [0.15, 0.2) is 0 Å². The minimum Gasteiger partial charge on any atom is -0.490 e. The number of carbonyl (C=O) groups excluding carboxylic acids is 2. The lowest BCUT2D eigenvalue weighted by atomic mass is 9.93. The van der Waals surface area contributed by atoms with E-state index in [1.54, 1.807) is 30.6 Å². The number of aromatic nitrogens is 2. The van der Waals surface area contributed by atoms with E-state index in [1.165, 1.54) is 0 Å². The summed E-state index contributed by atoms with van der Waals surface area (Å²) in [6, 6.07) is 7.67. The van der Waals surface area contributed by atoms with E-state index in [2.05, 4.69) is 31.2 Å². The monoisotopic (exact) mass is 623 g/mol. The minimum atomic E-state index is -0.476. The second-order valence-electron chi connectivity index (χ2n) is 12.8. The predicted molar refractivity (Wildman–Crippen MR) is 167 cm³/mol. The first-order valence-electron chi connectivity index (χ1n) is 15.5. The lowest BCUT2D eigenvalue weighted by Crippen LogP contribution is -2.54. The summed E-state index contributed by atoms with van der Waals surface area (Å²) in [5.41, 5.74) is 0.264. The first-order chi connectivity index (χ1) is 21.1. The first-order valence-corrected chi connectivity index (χ1v) is 15.9. The average molecular weight is 624 g/mol. The Labute approximate surface area is 264 Å². The Morgan fingerprint density at radius 1 is 0.977 bits per heavy atom. The van der Waals surface area contributed by atoms with Gasteiger partial charge >= 0.3 is 6.09 Å². The molecule has 0 radical (unpaired) electrons. The quantitative estimate of drug-likeness (QED) is 0.490. The van der Waals surface area contributed by atoms with Crippen molar-refractivity contribution in [3.8, 4) is 11.8 Å². The van der Waals surface area contributed by atoms with Crippen LogP contribution in [-0.4, -0.2) is 94.8 Å². The van der Waals surface area contributed by atoms with Crippen molar-refractivity contribution in [3.05, 3.63) is 46.9 Å². The molecule has 0 spiro atoms. The van der Waals surface area contributed by atoms with Gasteiger partial charge < -0.3 is 24.6 Å². The molecule has 3 aliphatic rings. The highest BCUT2D eigenvalue weighted by Crippen LogP contribution is 2.28. The van der Waals surface area contributed by atoms with E-state index in [9.17, 15) is 9.59 Å². The van der Waals surface area contributed by atoms with Crippen LogP contribution >= 0.6 is 11.6 Å². The van der Waals surface area contributed by atoms with Crippen LogP contribution < -0.4 is 15.0 Å². The van der Waals surface area contributed by atoms with Crippen LogP contribution in [0.25, 0.3) is 0 Å². The molecule has 1 N–H and O–H groups in total. The maximum absolute atomic E-state index is 12.9. The normalized spacial score (nSPS) is 21.8. The molecule has 0 bridgehead atoms. The predicted octanol–water partition coefficient (Wildman–Crippen LogP) is 4.64. The second kappa shape index (κ2) is 14.0. The minimum absolute atomic E-state index is 0.0386. The van der Waals surface area contributed by atoms with E-state index in [0.717, 1.165) is 83.6 Å². The van der Waals surface area contributed by atoms with E-state index < -0.39 is 5.60 Å². The molecule has 1 saturated carbocycles. The van der Waals surface area contributed by atoms with E-state index in [-0.39, 0.29) is 24.1 Å². The number of amides is 2. The van der Waals surface area contributed by atoms with Gasteiger partial charge in [-0.05, 0) is 71.4 Å². The summed E-state index contributed by atoms with van der Waals surface area (Å²) >= 11 is 6.12. The van der Waals surface area contributed by atoms with Gasteiger partial charge in [-0.25, -0.2) is 14.8 Å². The van der Waals surface area contributed by atoms with Gasteiger partial charge in [-0.1, -0.05) is 11.6 Å². The van der Waals surface area contributed by atoms with E-state index in [4.69, 9.17) is 26.3 Å². The number of rotatable bonds is 6. The van der Waals surface area contributed by atoms with Gasteiger partial charge in [-0.3, -0.25) is 9.69 Å². The summed E-state index contributed by atoms with van der Waals surface area (Å²) in [5, 5.41) is 12.5. The number of anilines is 1. The van der Waals surface area contributed by atoms with Crippen LogP contribution in [0.15, 0.2) is 30.6 Å². The Morgan fingerprint density at radius 3 is 2.27 bits per heavy atom. The highest BCUT2D eigenvalue weighted by molar-refractivity contribution is 6.31. The molecule has 3 heterocycles. The fourth-order valence-corrected chi connectivity index (χ4v) is 6.31. The summed E-state index contributed by atoms with van der Waals surface area (Å²) in [5.74, 6) is 1.22. The van der Waals surface area contributed by atoms with Gasteiger partial charge in [0.1, 0.15) is 28.9 Å². The molecule has 2 aliphatic heterocycles. The number of piperidine rings is 1. The standard InChI is InChI=1S/C32H42ClN7O4/c1-32(2,3)44-31(42)40-12-10-24(11-13-40)38-14-16-39(17-15-38)29-21-35-28(20-36-29)30(41)37-23-5-8-25(9-6-23)43-26-7-4-22(19-34)27(33)18-26/h4,7,18,20-21,23-25H,5-6,8-17H2,1-3H3,(H,37,41). The molecule has 1 aromatic heterocycles. The van der Waals surface area contributed by atoms with E-state index >= 15 is 0 Å². The molecule has 5 rings (SSSR count). The van der Waals surface area contributed by atoms with E-state index in [1.807, 2.05) is 25.7 Å². The highest BCUT2D eigenvalue weighted by Gasteiger charge is 2.31. The maximum Gasteiger partial charge on any atom is 0.410 e. The van der Waals surface area contributed by atoms with Crippen molar-refractivity contribution >= 4 is 29.4 Å². The fourth-order valence-electron chi connectivity index (χ4n) is 6.09. The molecule has 44 heavy (non-hydrogen) atoms. The molecular weight excluding hydrogens is 582 g/mol. The fraction of sp³-hybridized carbons (Fsp3) is 0.594. The van der Waals surface area contributed by atoms with Gasteiger partial charge in [0.2, 0.25) is 0 Å². The van der Waals surface area contributed by atoms with Crippen molar-refractivity contribution in [2.24, 2.45) is 0 Å². The summed E-state index contributed by atoms with van der Waals surface area (Å²) in [6.45, 7) is 10.6. The average Bonchev–Trinajstić information content (AvgIpc) is 3.01. The van der Waals surface area contributed by atoms with Gasteiger partial charge in [0.25, 0.3) is 5.91 Å². The largest absolute Gasteiger partial charge is 0.490 e. The Balaban J connectivity index is 1.02. The topological polar surface area (TPSA) is 124 Å². The molecule has 2 aromatic rings. The van der Waals surface area contributed by atoms with Crippen LogP contribution in [0.2, 0.25) is 5.02 Å². The summed E-state index contributed by atoms with van der Waals surface area (Å²) < 4.78 is 11.6. The molecule has 12 heteroatoms. The number of piperazine rings is 1. The number of hydrogen-bond donors (Lipinski definition) is 1. The molecule has 1 aromatic carbocycles. The van der Waals surface area contributed by atoms with Crippen molar-refractivity contribution in [1.82, 2.24) is 25.1 Å². The Morgan fingerprint density at radius 2 is 1.68 bits per heavy atom. The highest BCUT2D eigenvalue weighted by atomic mass is 35.5. The first kappa shape index (κ1) is 31.8. The number of halogens is 1. The van der Waals surface area contributed by atoms with Crippen molar-refractivity contribution in [2.75, 3.05) is 44.2 Å². The molecule has 2 saturated heterocycles. The molecule has 1 aliphatic carbocycles. The molecule has 0 atom stereocenters. The van der Waals surface area contributed by atoms with Crippen molar-refractivity contribution in [2.45, 2.75) is 83.1 Å². The molecule has 2 amide bonds. The van der Waals surface area contributed by atoms with Crippen LogP contribution in [0.4, 0.5) is 10.6 Å². The second-order valence-corrected chi connectivity index (χ2v) is 13.2. The van der Waals surface area contributed by atoms with Crippen molar-refractivity contribution in [3.63, 3.8) is 0 Å². The van der Waals surface area contributed by atoms with E-state index in [0.29, 0.717) is 28.1 Å². The number of likely N-dealkylation sites (tertiary alicyclic amines) is 1. The number of nitrogens with zero attached hydrogens (tertiary/aromatic N) is 6. The smallest absolute Gasteiger partial charge is 0.410 e. The third-order valence-corrected chi connectivity index (χ3v) is 8.83. The number of nitrogens with one attached hydrogen (secondary N) is 1. The number of benzene rings is 1. The summed E-state index contributed by atoms with van der Waals surface area (Å²) in [6.07, 6.45) is 8.19. The third kappa shape index (κ3) is 8.30. The number of nitriles is 1. The number of carbonyl (C=O) groups is 2. The van der Waals surface area contributed by atoms with Crippen LogP contribution in [0.1, 0.15) is 75.3 Å². The lowest BCUT2D eigenvalue weighted by Gasteiger charge is -2.43. The third-order valence-electron chi connectivity index (χ3n) is 8.51. The lowest BCUT2D eigenvalue weighted by molar-refractivity contribution is 0.0139. The summed E-state index contributed by atoms with van der Waals surface area (Å²) in [4.78, 5) is 40.8. The molecule has 11 nitrogen and oxygen atoms in total. The van der Waals surface area contributed by atoms with Gasteiger partial charge in [0, 0.05) is 57.4 Å².